The van der Waals surface area contributed by atoms with Crippen molar-refractivity contribution in [2.45, 2.75) is 13.5 Å². The molecule has 1 heterocycles. The summed E-state index contributed by atoms with van der Waals surface area (Å²) in [5.41, 5.74) is -0.0767. The van der Waals surface area contributed by atoms with Gasteiger partial charge in [0.1, 0.15) is 5.82 Å². The zero-order chi connectivity index (χ0) is 21.7. The summed E-state index contributed by atoms with van der Waals surface area (Å²) in [6.45, 7) is 2.27. The molecule has 0 aliphatic rings. The lowest BCUT2D eigenvalue weighted by Gasteiger charge is -2.12. The van der Waals surface area contributed by atoms with Gasteiger partial charge >= 0.3 is 5.69 Å². The molecule has 3 rings (SSSR count). The zero-order valence-electron chi connectivity index (χ0n) is 16.6. The van der Waals surface area contributed by atoms with Crippen molar-refractivity contribution in [2.75, 3.05) is 20.3 Å². The van der Waals surface area contributed by atoms with Crippen LogP contribution in [0.3, 0.4) is 0 Å². The molecule has 0 aliphatic heterocycles. The van der Waals surface area contributed by atoms with Crippen LogP contribution in [0.15, 0.2) is 58.1 Å². The van der Waals surface area contributed by atoms with Crippen LogP contribution >= 0.6 is 0 Å². The maximum atomic E-state index is 13.3. The molecule has 8 nitrogen and oxygen atoms in total. The fourth-order valence-corrected chi connectivity index (χ4v) is 2.89. The van der Waals surface area contributed by atoms with E-state index in [-0.39, 0.29) is 25.4 Å². The first-order valence-corrected chi connectivity index (χ1v) is 9.23. The third-order valence-corrected chi connectivity index (χ3v) is 4.36. The Morgan fingerprint density at radius 1 is 1.17 bits per heavy atom. The molecule has 0 radical (unpaired) electrons. The van der Waals surface area contributed by atoms with Crippen LogP contribution in [0, 0.1) is 12.7 Å². The van der Waals surface area contributed by atoms with Crippen LogP contribution in [0.25, 0.3) is 5.69 Å². The number of amides is 1. The van der Waals surface area contributed by atoms with Gasteiger partial charge in [0.05, 0.1) is 18.8 Å². The summed E-state index contributed by atoms with van der Waals surface area (Å²) >= 11 is 0. The number of benzene rings is 2. The number of rotatable bonds is 7. The number of ether oxygens (including phenoxy) is 1. The van der Waals surface area contributed by atoms with E-state index in [1.54, 1.807) is 6.07 Å². The van der Waals surface area contributed by atoms with Crippen LogP contribution in [0.4, 0.5) is 4.39 Å². The number of halogens is 1. The molecule has 1 amide bonds. The van der Waals surface area contributed by atoms with Gasteiger partial charge in [-0.2, -0.15) is 9.78 Å². The average molecular weight is 412 g/mol. The predicted octanol–water partition coefficient (Wildman–Crippen LogP) is 1.27. The van der Waals surface area contributed by atoms with E-state index in [0.717, 1.165) is 32.5 Å². The van der Waals surface area contributed by atoms with E-state index in [4.69, 9.17) is 4.74 Å². The summed E-state index contributed by atoms with van der Waals surface area (Å²) in [5.74, 6) is -1.22. The predicted molar refractivity (Wildman–Crippen MR) is 109 cm³/mol. The van der Waals surface area contributed by atoms with Crippen LogP contribution in [-0.4, -0.2) is 40.5 Å². The number of carbonyl (C=O) groups excluding carboxylic acids is 1. The Morgan fingerprint density at radius 3 is 2.57 bits per heavy atom. The Morgan fingerprint density at radius 2 is 1.90 bits per heavy atom. The Hall–Kier alpha value is -3.59. The van der Waals surface area contributed by atoms with Crippen molar-refractivity contribution in [3.63, 3.8) is 0 Å². The highest BCUT2D eigenvalue weighted by molar-refractivity contribution is 5.91. The van der Waals surface area contributed by atoms with Gasteiger partial charge in [-0.05, 0) is 36.8 Å². The molecule has 30 heavy (non-hydrogen) atoms. The largest absolute Gasteiger partial charge is 0.383 e. The maximum Gasteiger partial charge on any atom is 0.352 e. The van der Waals surface area contributed by atoms with Gasteiger partial charge in [0.25, 0.3) is 11.5 Å². The Labute approximate surface area is 171 Å². The summed E-state index contributed by atoms with van der Waals surface area (Å²) in [4.78, 5) is 38.5. The van der Waals surface area contributed by atoms with Crippen LogP contribution in [-0.2, 0) is 11.3 Å². The minimum atomic E-state index is -0.810. The molecule has 1 N–H and O–H groups in total. The first-order chi connectivity index (χ1) is 14.4. The molecule has 0 saturated carbocycles. The van der Waals surface area contributed by atoms with Gasteiger partial charge < -0.3 is 10.1 Å². The van der Waals surface area contributed by atoms with E-state index in [2.05, 4.69) is 10.4 Å². The van der Waals surface area contributed by atoms with Crippen molar-refractivity contribution in [2.24, 2.45) is 0 Å². The monoisotopic (exact) mass is 412 g/mol. The lowest BCUT2D eigenvalue weighted by molar-refractivity contribution is 0.0927. The Kier molecular flexibility index (Phi) is 6.53. The summed E-state index contributed by atoms with van der Waals surface area (Å²) in [5, 5.41) is 6.50. The van der Waals surface area contributed by atoms with E-state index in [1.165, 1.54) is 19.2 Å². The molecule has 0 fully saturated rings. The second kappa shape index (κ2) is 9.27. The smallest absolute Gasteiger partial charge is 0.352 e. The first kappa shape index (κ1) is 21.1. The molecule has 0 aliphatic carbocycles. The highest BCUT2D eigenvalue weighted by atomic mass is 19.1. The third kappa shape index (κ3) is 4.69. The fraction of sp³-hybridized carbons (Fsp3) is 0.238. The number of hydrogen-bond donors (Lipinski definition) is 1. The number of nitrogens with one attached hydrogen (secondary N) is 1. The van der Waals surface area contributed by atoms with Crippen LogP contribution in [0.5, 0.6) is 0 Å². The second-order valence-electron chi connectivity index (χ2n) is 6.65. The van der Waals surface area contributed by atoms with E-state index in [9.17, 15) is 18.8 Å². The molecule has 0 spiro atoms. The van der Waals surface area contributed by atoms with Gasteiger partial charge in [-0.25, -0.2) is 9.18 Å². The number of hydrogen-bond acceptors (Lipinski definition) is 5. The molecule has 0 saturated heterocycles. The average Bonchev–Trinajstić information content (AvgIpc) is 2.72. The number of aryl methyl sites for hydroxylation is 1. The number of nitrogens with zero attached hydrogens (tertiary/aromatic N) is 3. The zero-order valence-corrected chi connectivity index (χ0v) is 16.6. The van der Waals surface area contributed by atoms with E-state index in [0.29, 0.717) is 0 Å². The molecule has 1 aromatic heterocycles. The highest BCUT2D eigenvalue weighted by Gasteiger charge is 2.20. The maximum absolute atomic E-state index is 13.3. The summed E-state index contributed by atoms with van der Waals surface area (Å²) in [6.07, 6.45) is 0. The lowest BCUT2D eigenvalue weighted by atomic mass is 10.1. The standard InChI is InChI=1S/C21H21FN4O4/c1-14-4-3-5-15(12-14)13-25-20(28)18(19(27)23-10-11-30-2)24-26(21(25)29)17-8-6-16(22)7-9-17/h3-9,12H,10-11,13H2,1-2H3,(H,23,27). The molecular weight excluding hydrogens is 391 g/mol. The second-order valence-corrected chi connectivity index (χ2v) is 6.65. The van der Waals surface area contributed by atoms with Gasteiger partial charge in [-0.3, -0.25) is 14.2 Å². The highest BCUT2D eigenvalue weighted by Crippen LogP contribution is 2.07. The minimum Gasteiger partial charge on any atom is -0.383 e. The van der Waals surface area contributed by atoms with Crippen LogP contribution < -0.4 is 16.6 Å². The molecule has 3 aromatic rings. The number of aromatic nitrogens is 3. The lowest BCUT2D eigenvalue weighted by Crippen LogP contribution is -2.46. The van der Waals surface area contributed by atoms with Crippen LogP contribution in [0.1, 0.15) is 21.6 Å². The minimum absolute atomic E-state index is 0.0403. The topological polar surface area (TPSA) is 95.2 Å². The molecule has 156 valence electrons. The van der Waals surface area contributed by atoms with Crippen molar-refractivity contribution < 1.29 is 13.9 Å². The van der Waals surface area contributed by atoms with E-state index >= 15 is 0 Å². The van der Waals surface area contributed by atoms with Gasteiger partial charge in [0, 0.05) is 13.7 Å². The molecule has 0 bridgehead atoms. The Balaban J connectivity index is 2.13. The van der Waals surface area contributed by atoms with Crippen molar-refractivity contribution in [3.8, 4) is 5.69 Å². The summed E-state index contributed by atoms with van der Waals surface area (Å²) in [6, 6.07) is 12.3. The Bertz CT molecular complexity index is 1170. The van der Waals surface area contributed by atoms with Crippen molar-refractivity contribution in [1.82, 2.24) is 19.7 Å². The molecular formula is C21H21FN4O4. The fourth-order valence-electron chi connectivity index (χ4n) is 2.89. The van der Waals surface area contributed by atoms with Gasteiger partial charge in [-0.15, -0.1) is 0 Å². The van der Waals surface area contributed by atoms with Gasteiger partial charge in [0.2, 0.25) is 5.69 Å². The molecule has 9 heteroatoms. The summed E-state index contributed by atoms with van der Waals surface area (Å²) < 4.78 is 20.1. The first-order valence-electron chi connectivity index (χ1n) is 9.23. The number of carbonyl (C=O) groups is 1. The van der Waals surface area contributed by atoms with Crippen molar-refractivity contribution >= 4 is 5.91 Å². The molecule has 0 atom stereocenters. The quantitative estimate of drug-likeness (QED) is 0.590. The van der Waals surface area contributed by atoms with Crippen molar-refractivity contribution in [1.29, 1.82) is 0 Å². The molecule has 0 unspecified atom stereocenters. The van der Waals surface area contributed by atoms with Gasteiger partial charge in [-0.1, -0.05) is 29.8 Å². The SMILES string of the molecule is COCCNC(=O)c1nn(-c2ccc(F)cc2)c(=O)n(Cc2cccc(C)c2)c1=O. The third-order valence-electron chi connectivity index (χ3n) is 4.36. The van der Waals surface area contributed by atoms with Crippen LogP contribution in [0.2, 0.25) is 0 Å². The van der Waals surface area contributed by atoms with Gasteiger partial charge in [0.15, 0.2) is 0 Å². The number of methoxy groups -OCH3 is 1. The summed E-state index contributed by atoms with van der Waals surface area (Å²) in [7, 11) is 1.48. The normalized spacial score (nSPS) is 10.8. The van der Waals surface area contributed by atoms with Crippen molar-refractivity contribution in [3.05, 3.63) is 92.0 Å². The van der Waals surface area contributed by atoms with E-state index < -0.39 is 28.7 Å². The van der Waals surface area contributed by atoms with E-state index in [1.807, 2.05) is 25.1 Å². The molecule has 2 aromatic carbocycles.